The summed E-state index contributed by atoms with van der Waals surface area (Å²) in [6, 6.07) is 0.981. The van der Waals surface area contributed by atoms with Crippen molar-refractivity contribution in [2.75, 3.05) is 0 Å². The molecule has 0 heterocycles. The summed E-state index contributed by atoms with van der Waals surface area (Å²) in [7, 11) is 0. The van der Waals surface area contributed by atoms with Gasteiger partial charge in [0, 0.05) is 23.9 Å². The van der Waals surface area contributed by atoms with Crippen molar-refractivity contribution in [3.8, 4) is 0 Å². The number of carbonyl (C=O) groups is 1. The van der Waals surface area contributed by atoms with Crippen molar-refractivity contribution in [3.05, 3.63) is 0 Å². The van der Waals surface area contributed by atoms with E-state index in [1.807, 2.05) is 0 Å². The fraction of sp³-hybridized carbons (Fsp3) is 0.958. The number of carbonyl (C=O) groups excluding carboxylic acids is 1. The van der Waals surface area contributed by atoms with Crippen molar-refractivity contribution < 1.29 is 9.90 Å². The van der Waals surface area contributed by atoms with Crippen LogP contribution in [0, 0.1) is 16.7 Å². The van der Waals surface area contributed by atoms with Gasteiger partial charge in [-0.05, 0) is 62.7 Å². The fourth-order valence-corrected chi connectivity index (χ4v) is 7.52. The molecular formula is C24H41NO2. The third-order valence-corrected chi connectivity index (χ3v) is 9.40. The Morgan fingerprint density at radius 3 is 1.93 bits per heavy atom. The number of hydrogen-bond acceptors (Lipinski definition) is 2. The van der Waals surface area contributed by atoms with Crippen molar-refractivity contribution in [2.24, 2.45) is 16.7 Å². The Bertz CT molecular complexity index is 514. The second-order valence-electron chi connectivity index (χ2n) is 10.7. The first-order chi connectivity index (χ1) is 13.0. The average Bonchev–Trinajstić information content (AvgIpc) is 3.03. The van der Waals surface area contributed by atoms with Gasteiger partial charge in [0.15, 0.2) is 0 Å². The molecule has 27 heavy (non-hydrogen) atoms. The van der Waals surface area contributed by atoms with Crippen LogP contribution >= 0.6 is 0 Å². The first-order valence-electron chi connectivity index (χ1n) is 11.9. The van der Waals surface area contributed by atoms with Crippen LogP contribution in [0.3, 0.4) is 0 Å². The number of aliphatic hydroxyl groups excluding tert-OH is 1. The third-order valence-electron chi connectivity index (χ3n) is 9.40. The quantitative estimate of drug-likeness (QED) is 0.694. The zero-order chi connectivity index (χ0) is 19.1. The van der Waals surface area contributed by atoms with Gasteiger partial charge in [0.05, 0.1) is 6.10 Å². The summed E-state index contributed by atoms with van der Waals surface area (Å²) in [5.74, 6) is 1.05. The van der Waals surface area contributed by atoms with E-state index in [-0.39, 0.29) is 16.9 Å². The Morgan fingerprint density at radius 1 is 0.926 bits per heavy atom. The number of rotatable bonds is 5. The van der Waals surface area contributed by atoms with E-state index in [9.17, 15) is 9.90 Å². The maximum Gasteiger partial charge on any atom is 0.223 e. The van der Waals surface area contributed by atoms with Gasteiger partial charge in [-0.3, -0.25) is 4.79 Å². The Kier molecular flexibility index (Phi) is 5.62. The number of nitrogens with zero attached hydrogens (tertiary/aromatic N) is 1. The minimum atomic E-state index is -0.197. The molecule has 4 rings (SSSR count). The van der Waals surface area contributed by atoms with Crippen molar-refractivity contribution in [2.45, 2.75) is 128 Å². The molecular weight excluding hydrogens is 334 g/mol. The molecule has 3 atom stereocenters. The molecule has 2 bridgehead atoms. The van der Waals surface area contributed by atoms with Crippen LogP contribution in [0.15, 0.2) is 0 Å². The van der Waals surface area contributed by atoms with Crippen LogP contribution in [0.4, 0.5) is 0 Å². The highest BCUT2D eigenvalue weighted by atomic mass is 16.3. The van der Waals surface area contributed by atoms with E-state index in [1.165, 1.54) is 70.6 Å². The minimum Gasteiger partial charge on any atom is -0.393 e. The number of amides is 1. The van der Waals surface area contributed by atoms with E-state index in [0.717, 1.165) is 19.3 Å². The van der Waals surface area contributed by atoms with E-state index in [2.05, 4.69) is 18.7 Å². The molecule has 4 aliphatic carbocycles. The third kappa shape index (κ3) is 3.36. The molecule has 0 spiro atoms. The lowest BCUT2D eigenvalue weighted by molar-refractivity contribution is -0.139. The maximum absolute atomic E-state index is 13.5. The molecule has 0 radical (unpaired) electrons. The lowest BCUT2D eigenvalue weighted by Crippen LogP contribution is -2.49. The predicted molar refractivity (Wildman–Crippen MR) is 109 cm³/mol. The van der Waals surface area contributed by atoms with Crippen molar-refractivity contribution in [1.29, 1.82) is 0 Å². The molecule has 4 aliphatic rings. The van der Waals surface area contributed by atoms with Gasteiger partial charge in [0.1, 0.15) is 0 Å². The summed E-state index contributed by atoms with van der Waals surface area (Å²) < 4.78 is 0. The molecule has 0 saturated heterocycles. The maximum atomic E-state index is 13.5. The van der Waals surface area contributed by atoms with Crippen LogP contribution in [0.25, 0.3) is 0 Å². The number of fused-ring (bicyclic) bond motifs is 2. The van der Waals surface area contributed by atoms with E-state index in [4.69, 9.17) is 0 Å². The van der Waals surface area contributed by atoms with Crippen LogP contribution in [0.5, 0.6) is 0 Å². The van der Waals surface area contributed by atoms with Crippen LogP contribution in [-0.2, 0) is 4.79 Å². The Labute approximate surface area is 166 Å². The normalized spacial score (nSPS) is 36.9. The molecule has 0 aromatic rings. The predicted octanol–water partition coefficient (Wildman–Crippen LogP) is 5.45. The van der Waals surface area contributed by atoms with Crippen molar-refractivity contribution >= 4 is 5.91 Å². The Morgan fingerprint density at radius 2 is 1.48 bits per heavy atom. The average molecular weight is 376 g/mol. The van der Waals surface area contributed by atoms with Gasteiger partial charge in [-0.25, -0.2) is 0 Å². The highest BCUT2D eigenvalue weighted by Gasteiger charge is 2.63. The first kappa shape index (κ1) is 19.7. The second kappa shape index (κ2) is 7.69. The van der Waals surface area contributed by atoms with Crippen LogP contribution in [0.2, 0.25) is 0 Å². The lowest BCUT2D eigenvalue weighted by Gasteiger charge is -2.44. The smallest absolute Gasteiger partial charge is 0.223 e. The van der Waals surface area contributed by atoms with Crippen molar-refractivity contribution in [3.63, 3.8) is 0 Å². The van der Waals surface area contributed by atoms with E-state index in [0.29, 0.717) is 30.3 Å². The molecule has 0 aromatic carbocycles. The van der Waals surface area contributed by atoms with Gasteiger partial charge < -0.3 is 10.0 Å². The number of aliphatic hydroxyl groups is 1. The summed E-state index contributed by atoms with van der Waals surface area (Å²) in [6.45, 7) is 4.71. The van der Waals surface area contributed by atoms with Gasteiger partial charge in [0.2, 0.25) is 5.91 Å². The van der Waals surface area contributed by atoms with Gasteiger partial charge in [0.25, 0.3) is 0 Å². The molecule has 1 N–H and O–H groups in total. The van der Waals surface area contributed by atoms with Gasteiger partial charge in [-0.2, -0.15) is 0 Å². The summed E-state index contributed by atoms with van der Waals surface area (Å²) in [5, 5.41) is 10.8. The molecule has 3 nitrogen and oxygen atoms in total. The summed E-state index contributed by atoms with van der Waals surface area (Å²) >= 11 is 0. The molecule has 4 saturated carbocycles. The summed E-state index contributed by atoms with van der Waals surface area (Å²) in [5.41, 5.74) is 0.172. The van der Waals surface area contributed by atoms with Gasteiger partial charge in [-0.15, -0.1) is 0 Å². The Hall–Kier alpha value is -0.570. The largest absolute Gasteiger partial charge is 0.393 e. The van der Waals surface area contributed by atoms with Crippen LogP contribution in [-0.4, -0.2) is 34.1 Å². The highest BCUT2D eigenvalue weighted by molar-refractivity contribution is 5.77. The molecule has 0 aromatic heterocycles. The first-order valence-corrected chi connectivity index (χ1v) is 11.9. The molecule has 2 unspecified atom stereocenters. The zero-order valence-electron chi connectivity index (χ0n) is 17.7. The monoisotopic (exact) mass is 375 g/mol. The molecule has 4 fully saturated rings. The molecule has 3 heteroatoms. The molecule has 154 valence electrons. The second-order valence-corrected chi connectivity index (χ2v) is 10.7. The minimum absolute atomic E-state index is 0.0157. The van der Waals surface area contributed by atoms with Crippen LogP contribution < -0.4 is 0 Å². The topological polar surface area (TPSA) is 40.5 Å². The molecule has 1 amide bonds. The highest BCUT2D eigenvalue weighted by Crippen LogP contribution is 2.67. The molecule has 0 aliphatic heterocycles. The zero-order valence-corrected chi connectivity index (χ0v) is 17.7. The fourth-order valence-electron chi connectivity index (χ4n) is 7.52. The van der Waals surface area contributed by atoms with Crippen LogP contribution in [0.1, 0.15) is 110 Å². The number of hydrogen-bond donors (Lipinski definition) is 1. The SMILES string of the molecule is CC1(C)[C@@H]2CCC1(CCC(=O)N(C1CCCCC1)C1CCCCC1)C(O)C2. The lowest BCUT2D eigenvalue weighted by atomic mass is 9.65. The summed E-state index contributed by atoms with van der Waals surface area (Å²) in [6.07, 6.45) is 17.4. The van der Waals surface area contributed by atoms with Gasteiger partial charge >= 0.3 is 0 Å². The van der Waals surface area contributed by atoms with Crippen molar-refractivity contribution in [1.82, 2.24) is 4.90 Å². The van der Waals surface area contributed by atoms with E-state index >= 15 is 0 Å². The standard InChI is InChI=1S/C24H41NO2/c1-23(2)18-13-15-24(23,21(26)17-18)16-14-22(27)25(19-9-5-3-6-10-19)20-11-7-4-8-12-20/h18-21,26H,3-17H2,1-2H3/t18-,21?,24?/m1/s1. The van der Waals surface area contributed by atoms with Gasteiger partial charge in [-0.1, -0.05) is 52.4 Å². The van der Waals surface area contributed by atoms with E-state index < -0.39 is 0 Å². The Balaban J connectivity index is 1.46. The van der Waals surface area contributed by atoms with E-state index in [1.54, 1.807) is 0 Å². The summed E-state index contributed by atoms with van der Waals surface area (Å²) in [4.78, 5) is 15.9.